The quantitative estimate of drug-likeness (QED) is 0.700. The molecule has 0 spiro atoms. The van der Waals surface area contributed by atoms with Crippen molar-refractivity contribution >= 4 is 5.91 Å². The van der Waals surface area contributed by atoms with E-state index in [2.05, 4.69) is 0 Å². The molecule has 0 unspecified atom stereocenters. The fraction of sp³-hybridized carbons (Fsp3) is 0.611. The van der Waals surface area contributed by atoms with Crippen molar-refractivity contribution in [2.24, 2.45) is 0 Å². The molecule has 0 saturated carbocycles. The summed E-state index contributed by atoms with van der Waals surface area (Å²) in [6, 6.07) is 5.43. The lowest BCUT2D eigenvalue weighted by molar-refractivity contribution is -1.02. The molecule has 2 aliphatic heterocycles. The topological polar surface area (TPSA) is 38.4 Å². The van der Waals surface area contributed by atoms with Gasteiger partial charge in [0, 0.05) is 18.7 Å². The molecule has 8 heteroatoms. The van der Waals surface area contributed by atoms with Crippen LogP contribution in [-0.4, -0.2) is 69.8 Å². The predicted octanol–water partition coefficient (Wildman–Crippen LogP) is -1.15. The number of quaternary nitrogens is 2. The van der Waals surface area contributed by atoms with Gasteiger partial charge in [0.15, 0.2) is 6.54 Å². The van der Waals surface area contributed by atoms with Gasteiger partial charge in [0.1, 0.15) is 32.7 Å². The minimum absolute atomic E-state index is 0.189. The van der Waals surface area contributed by atoms with Gasteiger partial charge in [-0.05, 0) is 12.1 Å². The van der Waals surface area contributed by atoms with Crippen LogP contribution in [0.4, 0.5) is 13.2 Å². The van der Waals surface area contributed by atoms with E-state index in [0.29, 0.717) is 32.8 Å². The van der Waals surface area contributed by atoms with Crippen LogP contribution in [0.15, 0.2) is 24.3 Å². The van der Waals surface area contributed by atoms with E-state index in [1.807, 2.05) is 4.90 Å². The first-order valence-electron chi connectivity index (χ1n) is 9.10. The van der Waals surface area contributed by atoms with Crippen LogP contribution >= 0.6 is 0 Å². The fourth-order valence-corrected chi connectivity index (χ4v) is 3.55. The standard InChI is InChI=1S/C18H24F3N3O2/c19-18(20,21)16-3-1-15(2-4-16)13-22-5-7-23(8-6-22)14-17(25)24-9-11-26-12-10-24/h1-4H,5-14H2/p+2. The number of hydrogen-bond donors (Lipinski definition) is 2. The zero-order valence-corrected chi connectivity index (χ0v) is 14.8. The molecule has 0 aliphatic carbocycles. The summed E-state index contributed by atoms with van der Waals surface area (Å²) in [5, 5.41) is 0. The highest BCUT2D eigenvalue weighted by Gasteiger charge is 2.31. The third-order valence-electron chi connectivity index (χ3n) is 5.16. The van der Waals surface area contributed by atoms with Crippen LogP contribution in [0.25, 0.3) is 0 Å². The lowest BCUT2D eigenvalue weighted by atomic mass is 10.1. The van der Waals surface area contributed by atoms with Crippen LogP contribution in [0.1, 0.15) is 11.1 Å². The molecule has 1 aromatic carbocycles. The second kappa shape index (κ2) is 8.37. The van der Waals surface area contributed by atoms with Crippen LogP contribution in [0.5, 0.6) is 0 Å². The molecule has 2 N–H and O–H groups in total. The second-order valence-corrected chi connectivity index (χ2v) is 7.04. The molecule has 2 saturated heterocycles. The number of benzene rings is 1. The Labute approximate surface area is 151 Å². The summed E-state index contributed by atoms with van der Waals surface area (Å²) in [6.07, 6.45) is -4.28. The lowest BCUT2D eigenvalue weighted by Gasteiger charge is -2.32. The SMILES string of the molecule is O=C(C[NH+]1CC[NH+](Cc2ccc(C(F)(F)F)cc2)CC1)N1CCOCC1. The smallest absolute Gasteiger partial charge is 0.378 e. The summed E-state index contributed by atoms with van der Waals surface area (Å²) >= 11 is 0. The Bertz CT molecular complexity index is 593. The zero-order chi connectivity index (χ0) is 18.6. The van der Waals surface area contributed by atoms with Gasteiger partial charge in [0.2, 0.25) is 0 Å². The van der Waals surface area contributed by atoms with Gasteiger partial charge in [-0.25, -0.2) is 0 Å². The Hall–Kier alpha value is -1.64. The van der Waals surface area contributed by atoms with E-state index in [0.717, 1.165) is 50.4 Å². The molecule has 0 atom stereocenters. The molecule has 0 aromatic heterocycles. The molecular weight excluding hydrogens is 347 g/mol. The van der Waals surface area contributed by atoms with Gasteiger partial charge in [-0.15, -0.1) is 0 Å². The molecule has 26 heavy (non-hydrogen) atoms. The van der Waals surface area contributed by atoms with Crippen molar-refractivity contribution in [3.63, 3.8) is 0 Å². The van der Waals surface area contributed by atoms with Gasteiger partial charge >= 0.3 is 6.18 Å². The van der Waals surface area contributed by atoms with Gasteiger partial charge < -0.3 is 19.4 Å². The molecule has 0 bridgehead atoms. The fourth-order valence-electron chi connectivity index (χ4n) is 3.55. The van der Waals surface area contributed by atoms with Gasteiger partial charge in [-0.3, -0.25) is 4.79 Å². The Morgan fingerprint density at radius 2 is 1.58 bits per heavy atom. The molecule has 5 nitrogen and oxygen atoms in total. The highest BCUT2D eigenvalue weighted by molar-refractivity contribution is 5.77. The summed E-state index contributed by atoms with van der Waals surface area (Å²) in [5.41, 5.74) is 0.313. The van der Waals surface area contributed by atoms with Crippen molar-refractivity contribution in [1.82, 2.24) is 4.90 Å². The molecule has 1 amide bonds. The third-order valence-corrected chi connectivity index (χ3v) is 5.16. The molecule has 2 aliphatic rings. The maximum Gasteiger partial charge on any atom is 0.416 e. The van der Waals surface area contributed by atoms with Crippen LogP contribution < -0.4 is 9.80 Å². The van der Waals surface area contributed by atoms with Gasteiger partial charge in [0.25, 0.3) is 5.91 Å². The number of alkyl halides is 3. The maximum absolute atomic E-state index is 12.6. The average Bonchev–Trinajstić information content (AvgIpc) is 2.64. The van der Waals surface area contributed by atoms with Crippen molar-refractivity contribution < 1.29 is 32.5 Å². The molecule has 1 aromatic rings. The molecule has 3 rings (SSSR count). The molecule has 144 valence electrons. The Morgan fingerprint density at radius 3 is 2.15 bits per heavy atom. The summed E-state index contributed by atoms with van der Waals surface area (Å²) in [6.45, 7) is 7.50. The first-order valence-corrected chi connectivity index (χ1v) is 9.10. The van der Waals surface area contributed by atoms with Gasteiger partial charge in [-0.1, -0.05) is 12.1 Å². The number of nitrogens with one attached hydrogen (secondary N) is 2. The van der Waals surface area contributed by atoms with Crippen molar-refractivity contribution in [3.05, 3.63) is 35.4 Å². The van der Waals surface area contributed by atoms with Crippen molar-refractivity contribution in [2.45, 2.75) is 12.7 Å². The molecular formula is C18H26F3N3O2+2. The highest BCUT2D eigenvalue weighted by Crippen LogP contribution is 2.28. The molecule has 2 heterocycles. The Morgan fingerprint density at radius 1 is 1.00 bits per heavy atom. The van der Waals surface area contributed by atoms with E-state index >= 15 is 0 Å². The number of rotatable bonds is 4. The van der Waals surface area contributed by atoms with Gasteiger partial charge in [0.05, 0.1) is 18.8 Å². The molecule has 0 radical (unpaired) electrons. The number of carbonyl (C=O) groups is 1. The largest absolute Gasteiger partial charge is 0.416 e. The molecule has 2 fully saturated rings. The third kappa shape index (κ3) is 5.18. The first-order chi connectivity index (χ1) is 12.4. The average molecular weight is 373 g/mol. The minimum Gasteiger partial charge on any atom is -0.378 e. The van der Waals surface area contributed by atoms with Crippen LogP contribution in [-0.2, 0) is 22.3 Å². The van der Waals surface area contributed by atoms with E-state index in [1.54, 1.807) is 12.1 Å². The van der Waals surface area contributed by atoms with E-state index in [-0.39, 0.29) is 5.91 Å². The minimum atomic E-state index is -4.28. The van der Waals surface area contributed by atoms with E-state index in [4.69, 9.17) is 4.74 Å². The summed E-state index contributed by atoms with van der Waals surface area (Å²) < 4.78 is 43.1. The van der Waals surface area contributed by atoms with Crippen molar-refractivity contribution in [2.75, 3.05) is 59.0 Å². The van der Waals surface area contributed by atoms with E-state index in [9.17, 15) is 18.0 Å². The maximum atomic E-state index is 12.6. The number of morpholine rings is 1. The van der Waals surface area contributed by atoms with Gasteiger partial charge in [-0.2, -0.15) is 13.2 Å². The van der Waals surface area contributed by atoms with Crippen LogP contribution in [0, 0.1) is 0 Å². The number of amides is 1. The monoisotopic (exact) mass is 373 g/mol. The Balaban J connectivity index is 1.43. The normalized spacial score (nSPS) is 24.5. The van der Waals surface area contributed by atoms with E-state index < -0.39 is 11.7 Å². The number of piperazine rings is 1. The number of hydrogen-bond acceptors (Lipinski definition) is 2. The summed E-state index contributed by atoms with van der Waals surface area (Å²) in [4.78, 5) is 16.8. The summed E-state index contributed by atoms with van der Waals surface area (Å²) in [7, 11) is 0. The van der Waals surface area contributed by atoms with Crippen molar-refractivity contribution in [1.29, 1.82) is 0 Å². The highest BCUT2D eigenvalue weighted by atomic mass is 19.4. The Kier molecular flexibility index (Phi) is 6.16. The van der Waals surface area contributed by atoms with Crippen LogP contribution in [0.3, 0.4) is 0 Å². The first kappa shape index (κ1) is 19.1. The van der Waals surface area contributed by atoms with E-state index in [1.165, 1.54) is 9.80 Å². The number of carbonyl (C=O) groups excluding carboxylic acids is 1. The summed E-state index contributed by atoms with van der Waals surface area (Å²) in [5.74, 6) is 0.189. The number of nitrogens with zero attached hydrogens (tertiary/aromatic N) is 1. The lowest BCUT2D eigenvalue weighted by Crippen LogP contribution is -3.28. The van der Waals surface area contributed by atoms with Crippen molar-refractivity contribution in [3.8, 4) is 0 Å². The number of ether oxygens (including phenoxy) is 1. The zero-order valence-electron chi connectivity index (χ0n) is 14.8. The van der Waals surface area contributed by atoms with Crippen LogP contribution in [0.2, 0.25) is 0 Å². The predicted molar refractivity (Wildman–Crippen MR) is 88.8 cm³/mol. The number of halogens is 3. The second-order valence-electron chi connectivity index (χ2n) is 7.04.